The van der Waals surface area contributed by atoms with E-state index in [0.717, 1.165) is 23.0 Å². The molecule has 0 radical (unpaired) electrons. The molecular formula is C23H20O3. The molecule has 3 aromatic rings. The lowest BCUT2D eigenvalue weighted by atomic mass is 9.89. The maximum absolute atomic E-state index is 11.9. The number of hydrogen-bond acceptors (Lipinski definition) is 3. The van der Waals surface area contributed by atoms with E-state index in [9.17, 15) is 9.59 Å². The second-order valence-corrected chi connectivity index (χ2v) is 7.43. The van der Waals surface area contributed by atoms with Gasteiger partial charge in [0.1, 0.15) is 5.56 Å². The van der Waals surface area contributed by atoms with Crippen molar-refractivity contribution in [1.82, 2.24) is 0 Å². The van der Waals surface area contributed by atoms with Gasteiger partial charge in [0, 0.05) is 5.56 Å². The second-order valence-electron chi connectivity index (χ2n) is 7.43. The molecule has 26 heavy (non-hydrogen) atoms. The molecule has 0 aromatic heterocycles. The molecule has 0 N–H and O–H groups in total. The molecule has 130 valence electrons. The standard InChI is InChI=1S/C23H20O3/c1-2-26-23(25)21-20(22(21)24)14-5-3-13(4-6-14)15-9-10-18-16-7-8-17(11-16)19(18)12-15/h3-6,9-10,12,16-17H,2,7-8,11H2,1H3/t16-,17-/m0/s1. The molecule has 2 bridgehead atoms. The Morgan fingerprint density at radius 2 is 1.62 bits per heavy atom. The maximum Gasteiger partial charge on any atom is 0.342 e. The minimum Gasteiger partial charge on any atom is -0.462 e. The van der Waals surface area contributed by atoms with Gasteiger partial charge in [0.15, 0.2) is 0 Å². The van der Waals surface area contributed by atoms with Crippen molar-refractivity contribution in [1.29, 1.82) is 0 Å². The molecule has 0 unspecified atom stereocenters. The predicted molar refractivity (Wildman–Crippen MR) is 101 cm³/mol. The normalized spacial score (nSPS) is 20.5. The number of ether oxygens (including phenoxy) is 1. The maximum atomic E-state index is 11.9. The van der Waals surface area contributed by atoms with Crippen LogP contribution >= 0.6 is 0 Å². The van der Waals surface area contributed by atoms with Crippen LogP contribution in [0, 0.1) is 0 Å². The van der Waals surface area contributed by atoms with Crippen LogP contribution in [0.3, 0.4) is 0 Å². The van der Waals surface area contributed by atoms with Crippen molar-refractivity contribution in [3.8, 4) is 22.3 Å². The van der Waals surface area contributed by atoms with Crippen LogP contribution in [0.2, 0.25) is 0 Å². The monoisotopic (exact) mass is 344 g/mol. The fourth-order valence-electron chi connectivity index (χ4n) is 4.70. The van der Waals surface area contributed by atoms with Crippen molar-refractivity contribution in [2.24, 2.45) is 0 Å². The summed E-state index contributed by atoms with van der Waals surface area (Å²) < 4.78 is 4.93. The fourth-order valence-corrected chi connectivity index (χ4v) is 4.70. The molecule has 5 rings (SSSR count). The quantitative estimate of drug-likeness (QED) is 0.639. The van der Waals surface area contributed by atoms with Crippen LogP contribution < -0.4 is 5.43 Å². The fraction of sp³-hybridized carbons (Fsp3) is 0.304. The summed E-state index contributed by atoms with van der Waals surface area (Å²) in [5.74, 6) is 1.02. The number of carbonyl (C=O) groups is 1. The summed E-state index contributed by atoms with van der Waals surface area (Å²) in [7, 11) is 0. The third kappa shape index (κ3) is 2.27. The number of benzene rings is 2. The van der Waals surface area contributed by atoms with Crippen molar-refractivity contribution in [2.75, 3.05) is 6.61 Å². The van der Waals surface area contributed by atoms with E-state index in [2.05, 4.69) is 18.2 Å². The molecule has 0 spiro atoms. The molecule has 3 nitrogen and oxygen atoms in total. The predicted octanol–water partition coefficient (Wildman–Crippen LogP) is 4.80. The van der Waals surface area contributed by atoms with Crippen molar-refractivity contribution < 1.29 is 9.53 Å². The molecular weight excluding hydrogens is 324 g/mol. The van der Waals surface area contributed by atoms with Gasteiger partial charge < -0.3 is 4.74 Å². The highest BCUT2D eigenvalue weighted by Gasteiger charge is 2.36. The zero-order valence-corrected chi connectivity index (χ0v) is 14.7. The van der Waals surface area contributed by atoms with Crippen LogP contribution in [-0.4, -0.2) is 12.6 Å². The van der Waals surface area contributed by atoms with Crippen molar-refractivity contribution >= 4 is 5.97 Å². The zero-order chi connectivity index (χ0) is 17.8. The first-order valence-corrected chi connectivity index (χ1v) is 9.38. The SMILES string of the molecule is CCOC(=O)c1c(-c2ccc(-c3ccc4c(c3)[C@H]3CC[C@H]4C3)cc2)c1=O. The van der Waals surface area contributed by atoms with E-state index in [-0.39, 0.29) is 17.6 Å². The molecule has 2 atom stereocenters. The van der Waals surface area contributed by atoms with Crippen LogP contribution in [0.5, 0.6) is 0 Å². The Hall–Kier alpha value is -2.68. The summed E-state index contributed by atoms with van der Waals surface area (Å²) in [6.45, 7) is 2.02. The van der Waals surface area contributed by atoms with E-state index in [1.54, 1.807) is 12.5 Å². The first kappa shape index (κ1) is 15.6. The first-order valence-electron chi connectivity index (χ1n) is 9.38. The average molecular weight is 344 g/mol. The number of fused-ring (bicyclic) bond motifs is 5. The van der Waals surface area contributed by atoms with Crippen molar-refractivity contribution in [3.05, 3.63) is 69.4 Å². The highest BCUT2D eigenvalue weighted by atomic mass is 16.5. The van der Waals surface area contributed by atoms with E-state index < -0.39 is 5.97 Å². The lowest BCUT2D eigenvalue weighted by molar-refractivity contribution is 0.0531. The Morgan fingerprint density at radius 3 is 2.35 bits per heavy atom. The largest absolute Gasteiger partial charge is 0.462 e. The Morgan fingerprint density at radius 1 is 0.962 bits per heavy atom. The molecule has 1 saturated carbocycles. The summed E-state index contributed by atoms with van der Waals surface area (Å²) in [6.07, 6.45) is 4.00. The van der Waals surface area contributed by atoms with Crippen LogP contribution in [0.25, 0.3) is 22.3 Å². The summed E-state index contributed by atoms with van der Waals surface area (Å²) in [5, 5.41) is 0. The number of rotatable bonds is 4. The number of esters is 1. The van der Waals surface area contributed by atoms with Crippen LogP contribution in [-0.2, 0) is 4.74 Å². The summed E-state index contributed by atoms with van der Waals surface area (Å²) in [5.41, 5.74) is 6.76. The van der Waals surface area contributed by atoms with Crippen LogP contribution in [0.15, 0.2) is 47.3 Å². The van der Waals surface area contributed by atoms with E-state index in [1.165, 1.54) is 30.4 Å². The molecule has 0 heterocycles. The van der Waals surface area contributed by atoms with Gasteiger partial charge >= 0.3 is 5.97 Å². The molecule has 0 aliphatic heterocycles. The lowest BCUT2D eigenvalue weighted by Gasteiger charge is -2.16. The summed E-state index contributed by atoms with van der Waals surface area (Å²) in [4.78, 5) is 23.7. The van der Waals surface area contributed by atoms with Gasteiger partial charge in [0.2, 0.25) is 5.43 Å². The molecule has 2 aliphatic rings. The van der Waals surface area contributed by atoms with Gasteiger partial charge in [-0.2, -0.15) is 0 Å². The Balaban J connectivity index is 1.42. The third-order valence-corrected chi connectivity index (χ3v) is 6.03. The average Bonchev–Trinajstić information content (AvgIpc) is 3.01. The highest BCUT2D eigenvalue weighted by molar-refractivity contribution is 6.04. The topological polar surface area (TPSA) is 43.4 Å². The van der Waals surface area contributed by atoms with Crippen LogP contribution in [0.1, 0.15) is 59.5 Å². The number of carbonyl (C=O) groups excluding carboxylic acids is 1. The summed E-state index contributed by atoms with van der Waals surface area (Å²) in [6, 6.07) is 14.8. The molecule has 0 saturated heterocycles. The van der Waals surface area contributed by atoms with Gasteiger partial charge in [0.25, 0.3) is 0 Å². The third-order valence-electron chi connectivity index (χ3n) is 6.03. The van der Waals surface area contributed by atoms with E-state index in [1.807, 2.05) is 24.3 Å². The van der Waals surface area contributed by atoms with Crippen LogP contribution in [0.4, 0.5) is 0 Å². The Bertz CT molecular complexity index is 1020. The van der Waals surface area contributed by atoms with Crippen molar-refractivity contribution in [3.63, 3.8) is 0 Å². The second kappa shape index (κ2) is 5.66. The minimum atomic E-state index is -0.509. The van der Waals surface area contributed by atoms with Gasteiger partial charge in [0.05, 0.1) is 6.61 Å². The van der Waals surface area contributed by atoms with E-state index in [0.29, 0.717) is 5.56 Å². The van der Waals surface area contributed by atoms with Crippen molar-refractivity contribution in [2.45, 2.75) is 38.0 Å². The lowest BCUT2D eigenvalue weighted by Crippen LogP contribution is -2.02. The zero-order valence-electron chi connectivity index (χ0n) is 14.7. The molecule has 2 aliphatic carbocycles. The van der Waals surface area contributed by atoms with Gasteiger partial charge in [-0.3, -0.25) is 4.79 Å². The minimum absolute atomic E-state index is 0.190. The highest BCUT2D eigenvalue weighted by Crippen LogP contribution is 2.53. The van der Waals surface area contributed by atoms with Gasteiger partial charge in [-0.15, -0.1) is 0 Å². The van der Waals surface area contributed by atoms with Gasteiger partial charge in [-0.1, -0.05) is 42.5 Å². The van der Waals surface area contributed by atoms with Gasteiger partial charge in [-0.25, -0.2) is 4.79 Å². The van der Waals surface area contributed by atoms with E-state index >= 15 is 0 Å². The summed E-state index contributed by atoms with van der Waals surface area (Å²) >= 11 is 0. The Labute approximate surface area is 152 Å². The molecule has 0 amide bonds. The Kier molecular flexibility index (Phi) is 3.39. The number of hydrogen-bond donors (Lipinski definition) is 0. The first-order chi connectivity index (χ1) is 12.7. The van der Waals surface area contributed by atoms with E-state index in [4.69, 9.17) is 4.74 Å². The molecule has 3 aromatic carbocycles. The van der Waals surface area contributed by atoms with Gasteiger partial charge in [-0.05, 0) is 65.8 Å². The molecule has 3 heteroatoms. The molecule has 1 fully saturated rings. The smallest absolute Gasteiger partial charge is 0.342 e.